The summed E-state index contributed by atoms with van der Waals surface area (Å²) in [6, 6.07) is 12.3. The lowest BCUT2D eigenvalue weighted by molar-refractivity contribution is 0.218. The number of nitrogens with zero attached hydrogens (tertiary/aromatic N) is 8. The summed E-state index contributed by atoms with van der Waals surface area (Å²) >= 11 is 1.55. The fourth-order valence-corrected chi connectivity index (χ4v) is 5.26. The zero-order valence-corrected chi connectivity index (χ0v) is 19.9. The van der Waals surface area contributed by atoms with Crippen LogP contribution in [-0.2, 0) is 6.54 Å². The number of piperidine rings is 1. The monoisotopic (exact) mass is 470 g/mol. The highest BCUT2D eigenvalue weighted by molar-refractivity contribution is 7.99. The molecule has 9 heteroatoms. The first-order valence-electron chi connectivity index (χ1n) is 11.7. The van der Waals surface area contributed by atoms with Crippen LogP contribution in [-0.4, -0.2) is 59.1 Å². The van der Waals surface area contributed by atoms with E-state index in [-0.39, 0.29) is 0 Å². The normalized spacial score (nSPS) is 14.9. The van der Waals surface area contributed by atoms with Crippen LogP contribution in [0.3, 0.4) is 0 Å². The van der Waals surface area contributed by atoms with Gasteiger partial charge in [0.2, 0.25) is 5.16 Å². The van der Waals surface area contributed by atoms with Crippen molar-refractivity contribution in [3.05, 3.63) is 60.7 Å². The van der Waals surface area contributed by atoms with E-state index >= 15 is 0 Å². The molecule has 8 nitrogen and oxygen atoms in total. The van der Waals surface area contributed by atoms with Crippen molar-refractivity contribution in [2.24, 2.45) is 0 Å². The highest BCUT2D eigenvalue weighted by atomic mass is 32.2. The van der Waals surface area contributed by atoms with Gasteiger partial charge in [0.1, 0.15) is 0 Å². The Morgan fingerprint density at radius 3 is 2.74 bits per heavy atom. The number of hydrogen-bond acceptors (Lipinski definition) is 7. The molecular formula is C25H26N8S. The van der Waals surface area contributed by atoms with E-state index in [4.69, 9.17) is 0 Å². The summed E-state index contributed by atoms with van der Waals surface area (Å²) < 4.78 is 3.84. The summed E-state index contributed by atoms with van der Waals surface area (Å²) in [5, 5.41) is 19.5. The van der Waals surface area contributed by atoms with Crippen LogP contribution in [0, 0.1) is 6.92 Å². The molecule has 0 radical (unpaired) electrons. The number of benzene rings is 1. The molecule has 4 aromatic heterocycles. The molecule has 172 valence electrons. The fourth-order valence-electron chi connectivity index (χ4n) is 4.42. The highest BCUT2D eigenvalue weighted by Crippen LogP contribution is 2.30. The predicted octanol–water partition coefficient (Wildman–Crippen LogP) is 4.48. The van der Waals surface area contributed by atoms with Gasteiger partial charge in [0.25, 0.3) is 0 Å². The number of fused-ring (bicyclic) bond motifs is 2. The van der Waals surface area contributed by atoms with Gasteiger partial charge in [-0.3, -0.25) is 9.67 Å². The van der Waals surface area contributed by atoms with E-state index in [0.717, 1.165) is 56.5 Å². The van der Waals surface area contributed by atoms with Gasteiger partial charge in [-0.15, -0.1) is 10.2 Å². The molecule has 0 saturated carbocycles. The van der Waals surface area contributed by atoms with E-state index in [1.165, 1.54) is 32.4 Å². The summed E-state index contributed by atoms with van der Waals surface area (Å²) in [6.45, 7) is 6.37. The number of aromatic nitrogens is 7. The van der Waals surface area contributed by atoms with Crippen molar-refractivity contribution < 1.29 is 0 Å². The van der Waals surface area contributed by atoms with Gasteiger partial charge in [0.05, 0.1) is 24.0 Å². The van der Waals surface area contributed by atoms with Gasteiger partial charge in [0, 0.05) is 40.3 Å². The largest absolute Gasteiger partial charge is 0.301 e. The maximum absolute atomic E-state index is 4.69. The molecular weight excluding hydrogens is 444 g/mol. The average molecular weight is 471 g/mol. The zero-order valence-electron chi connectivity index (χ0n) is 19.1. The third-order valence-electron chi connectivity index (χ3n) is 6.29. The van der Waals surface area contributed by atoms with Gasteiger partial charge in [0.15, 0.2) is 5.65 Å². The Kier molecular flexibility index (Phi) is 5.72. The molecule has 0 bridgehead atoms. The molecule has 5 aromatic rings. The van der Waals surface area contributed by atoms with Gasteiger partial charge in [-0.1, -0.05) is 6.42 Å². The fraction of sp³-hybridized carbons (Fsp3) is 0.320. The van der Waals surface area contributed by atoms with Gasteiger partial charge in [-0.2, -0.15) is 14.7 Å². The van der Waals surface area contributed by atoms with Gasteiger partial charge in [-0.25, -0.2) is 0 Å². The van der Waals surface area contributed by atoms with E-state index in [2.05, 4.69) is 54.7 Å². The summed E-state index contributed by atoms with van der Waals surface area (Å²) in [4.78, 5) is 8.30. The number of pyridine rings is 1. The second kappa shape index (κ2) is 9.15. The summed E-state index contributed by atoms with van der Waals surface area (Å²) in [7, 11) is 0. The van der Waals surface area contributed by atoms with E-state index in [1.54, 1.807) is 16.3 Å². The van der Waals surface area contributed by atoms with E-state index in [1.807, 2.05) is 42.2 Å². The Morgan fingerprint density at radius 2 is 1.82 bits per heavy atom. The maximum atomic E-state index is 4.69. The number of likely N-dealkylation sites (tertiary alicyclic amines) is 1. The third-order valence-corrected chi connectivity index (χ3v) is 7.22. The first-order valence-corrected chi connectivity index (χ1v) is 12.5. The second-order valence-corrected chi connectivity index (χ2v) is 9.84. The third kappa shape index (κ3) is 4.41. The first-order chi connectivity index (χ1) is 16.7. The molecule has 1 aliphatic heterocycles. The van der Waals surface area contributed by atoms with Crippen molar-refractivity contribution in [2.45, 2.75) is 42.8 Å². The quantitative estimate of drug-likeness (QED) is 0.362. The molecule has 0 aliphatic carbocycles. The molecule has 0 amide bonds. The second-order valence-electron chi connectivity index (χ2n) is 8.80. The molecule has 5 heterocycles. The predicted molar refractivity (Wildman–Crippen MR) is 133 cm³/mol. The van der Waals surface area contributed by atoms with Crippen LogP contribution in [0.15, 0.2) is 65.0 Å². The molecule has 0 spiro atoms. The lowest BCUT2D eigenvalue weighted by atomic mass is 10.1. The Morgan fingerprint density at radius 1 is 0.912 bits per heavy atom. The van der Waals surface area contributed by atoms with Crippen LogP contribution >= 0.6 is 11.8 Å². The van der Waals surface area contributed by atoms with Gasteiger partial charge >= 0.3 is 0 Å². The van der Waals surface area contributed by atoms with Crippen LogP contribution in [0.2, 0.25) is 0 Å². The van der Waals surface area contributed by atoms with Crippen molar-refractivity contribution in [3.8, 4) is 11.1 Å². The van der Waals surface area contributed by atoms with Crippen molar-refractivity contribution in [1.29, 1.82) is 0 Å². The molecule has 34 heavy (non-hydrogen) atoms. The molecule has 1 aliphatic rings. The van der Waals surface area contributed by atoms with Gasteiger partial charge in [-0.05, 0) is 81.0 Å². The van der Waals surface area contributed by atoms with Gasteiger partial charge < -0.3 is 4.90 Å². The average Bonchev–Trinajstić information content (AvgIpc) is 3.50. The lowest BCUT2D eigenvalue weighted by Crippen LogP contribution is -2.32. The molecule has 0 atom stereocenters. The Labute approximate surface area is 202 Å². The minimum absolute atomic E-state index is 0.746. The van der Waals surface area contributed by atoms with E-state index < -0.39 is 0 Å². The van der Waals surface area contributed by atoms with Crippen molar-refractivity contribution in [2.75, 3.05) is 19.6 Å². The molecule has 0 N–H and O–H groups in total. The van der Waals surface area contributed by atoms with Crippen LogP contribution in [0.1, 0.15) is 25.0 Å². The Balaban J connectivity index is 1.22. The summed E-state index contributed by atoms with van der Waals surface area (Å²) in [6.07, 6.45) is 9.99. The maximum Gasteiger partial charge on any atom is 0.217 e. The van der Waals surface area contributed by atoms with Crippen molar-refractivity contribution >= 4 is 28.3 Å². The van der Waals surface area contributed by atoms with Crippen molar-refractivity contribution in [3.63, 3.8) is 0 Å². The first kappa shape index (κ1) is 21.2. The topological polar surface area (TPSA) is 77.0 Å². The SMILES string of the molecule is Cc1ccc2nnc(Sc3ccc4ncc(-c5cnn(CCN6CCCCC6)c5)cc4c3)n2n1. The van der Waals surface area contributed by atoms with E-state index in [0.29, 0.717) is 0 Å². The summed E-state index contributed by atoms with van der Waals surface area (Å²) in [5.74, 6) is 0. The Bertz CT molecular complexity index is 1450. The smallest absolute Gasteiger partial charge is 0.217 e. The van der Waals surface area contributed by atoms with Crippen LogP contribution in [0.4, 0.5) is 0 Å². The highest BCUT2D eigenvalue weighted by Gasteiger charge is 2.12. The van der Waals surface area contributed by atoms with Crippen LogP contribution in [0.5, 0.6) is 0 Å². The molecule has 6 rings (SSSR count). The van der Waals surface area contributed by atoms with Crippen LogP contribution < -0.4 is 0 Å². The standard InChI is InChI=1S/C25H26N8S/c1-18-5-8-24-28-29-25(33(24)30-18)34-22-6-7-23-19(14-22)13-20(15-26-23)21-16-27-32(17-21)12-11-31-9-3-2-4-10-31/h5-8,13-17H,2-4,9-12H2,1H3. The number of aryl methyl sites for hydroxylation is 1. The zero-order chi connectivity index (χ0) is 22.9. The van der Waals surface area contributed by atoms with Crippen molar-refractivity contribution in [1.82, 2.24) is 39.5 Å². The molecule has 1 fully saturated rings. The lowest BCUT2D eigenvalue weighted by Gasteiger charge is -2.26. The molecule has 1 saturated heterocycles. The molecule has 0 unspecified atom stereocenters. The minimum Gasteiger partial charge on any atom is -0.301 e. The van der Waals surface area contributed by atoms with Crippen LogP contribution in [0.25, 0.3) is 27.7 Å². The Hall–Kier alpha value is -3.30. The minimum atomic E-state index is 0.746. The van der Waals surface area contributed by atoms with E-state index in [9.17, 15) is 0 Å². The number of rotatable bonds is 6. The molecule has 1 aromatic carbocycles. The number of hydrogen-bond donors (Lipinski definition) is 0. The summed E-state index contributed by atoms with van der Waals surface area (Å²) in [5.41, 5.74) is 4.80.